The van der Waals surface area contributed by atoms with E-state index in [1.807, 2.05) is 0 Å². The zero-order chi connectivity index (χ0) is 20.2. The molecule has 0 spiro atoms. The lowest BCUT2D eigenvalue weighted by molar-refractivity contribution is 0.0601. The Balaban J connectivity index is 1.87. The quantitative estimate of drug-likeness (QED) is 0.265. The van der Waals surface area contributed by atoms with E-state index in [2.05, 4.69) is 17.6 Å². The van der Waals surface area contributed by atoms with Gasteiger partial charge in [0.05, 0.1) is 12.7 Å². The zero-order valence-corrected chi connectivity index (χ0v) is 19.2. The second-order valence-corrected chi connectivity index (χ2v) is 9.13. The Labute approximate surface area is 179 Å². The second-order valence-electron chi connectivity index (χ2n) is 7.62. The summed E-state index contributed by atoms with van der Waals surface area (Å²) in [5.74, 6) is -0.254. The highest BCUT2D eigenvalue weighted by atomic mass is 32.1. The highest BCUT2D eigenvalue weighted by Crippen LogP contribution is 2.37. The number of aryl methyl sites for hydroxylation is 1. The Hall–Kier alpha value is -1.14. The third-order valence-corrected chi connectivity index (χ3v) is 6.81. The minimum absolute atomic E-state index is 0.254. The van der Waals surface area contributed by atoms with Crippen LogP contribution < -0.4 is 10.6 Å². The third kappa shape index (κ3) is 7.36. The molecule has 0 bridgehead atoms. The van der Waals surface area contributed by atoms with Crippen molar-refractivity contribution in [2.75, 3.05) is 19.0 Å². The van der Waals surface area contributed by atoms with Gasteiger partial charge >= 0.3 is 5.97 Å². The number of nitrogens with one attached hydrogen (secondary N) is 2. The maximum Gasteiger partial charge on any atom is 0.341 e. The summed E-state index contributed by atoms with van der Waals surface area (Å²) in [6.45, 7) is 3.12. The van der Waals surface area contributed by atoms with E-state index < -0.39 is 0 Å². The van der Waals surface area contributed by atoms with Crippen LogP contribution >= 0.6 is 23.6 Å². The molecule has 1 aromatic heterocycles. The van der Waals surface area contributed by atoms with Crippen molar-refractivity contribution in [1.29, 1.82) is 0 Å². The fourth-order valence-corrected chi connectivity index (χ4v) is 5.31. The molecule has 0 amide bonds. The van der Waals surface area contributed by atoms with Crippen LogP contribution in [-0.4, -0.2) is 24.7 Å². The lowest BCUT2D eigenvalue weighted by Gasteiger charge is -2.12. The molecule has 0 atom stereocenters. The van der Waals surface area contributed by atoms with Gasteiger partial charge in [0.1, 0.15) is 5.00 Å². The first-order chi connectivity index (χ1) is 13.7. The fourth-order valence-electron chi connectivity index (χ4n) is 3.76. The van der Waals surface area contributed by atoms with Gasteiger partial charge in [0, 0.05) is 11.4 Å². The van der Waals surface area contributed by atoms with Gasteiger partial charge in [-0.05, 0) is 49.9 Å². The predicted molar refractivity (Wildman–Crippen MR) is 124 cm³/mol. The summed E-state index contributed by atoms with van der Waals surface area (Å²) in [6, 6.07) is 0. The fraction of sp³-hybridized carbons (Fsp3) is 0.727. The minimum atomic E-state index is -0.254. The van der Waals surface area contributed by atoms with Crippen LogP contribution in [0.1, 0.15) is 98.4 Å². The van der Waals surface area contributed by atoms with Gasteiger partial charge in [-0.1, -0.05) is 58.3 Å². The Kier molecular flexibility index (Phi) is 10.9. The average molecular weight is 425 g/mol. The summed E-state index contributed by atoms with van der Waals surface area (Å²) >= 11 is 7.15. The van der Waals surface area contributed by atoms with Crippen molar-refractivity contribution in [3.8, 4) is 0 Å². The molecule has 0 aliphatic heterocycles. The van der Waals surface area contributed by atoms with E-state index in [0.29, 0.717) is 10.7 Å². The van der Waals surface area contributed by atoms with E-state index in [4.69, 9.17) is 17.0 Å². The molecular formula is C22H36N2O2S2. The topological polar surface area (TPSA) is 50.4 Å². The van der Waals surface area contributed by atoms with Crippen molar-refractivity contribution in [2.45, 2.75) is 90.4 Å². The number of anilines is 1. The van der Waals surface area contributed by atoms with Crippen LogP contribution in [0.3, 0.4) is 0 Å². The van der Waals surface area contributed by atoms with Crippen molar-refractivity contribution in [1.82, 2.24) is 5.32 Å². The Bertz CT molecular complexity index is 628. The van der Waals surface area contributed by atoms with Gasteiger partial charge in [0.2, 0.25) is 0 Å². The summed E-state index contributed by atoms with van der Waals surface area (Å²) in [6.07, 6.45) is 15.8. The van der Waals surface area contributed by atoms with Gasteiger partial charge in [0.15, 0.2) is 5.11 Å². The molecule has 0 saturated heterocycles. The number of hydrogen-bond donors (Lipinski definition) is 2. The molecule has 0 saturated carbocycles. The van der Waals surface area contributed by atoms with Crippen LogP contribution in [0, 0.1) is 0 Å². The summed E-state index contributed by atoms with van der Waals surface area (Å²) in [5.41, 5.74) is 1.87. The Morgan fingerprint density at radius 1 is 1.04 bits per heavy atom. The van der Waals surface area contributed by atoms with E-state index in [0.717, 1.165) is 37.2 Å². The number of thiophene rings is 1. The van der Waals surface area contributed by atoms with Crippen molar-refractivity contribution in [3.63, 3.8) is 0 Å². The Morgan fingerprint density at radius 3 is 2.43 bits per heavy atom. The maximum absolute atomic E-state index is 12.4. The first-order valence-electron chi connectivity index (χ1n) is 10.9. The third-order valence-electron chi connectivity index (χ3n) is 5.35. The molecule has 4 nitrogen and oxygen atoms in total. The minimum Gasteiger partial charge on any atom is -0.465 e. The zero-order valence-electron chi connectivity index (χ0n) is 17.5. The smallest absolute Gasteiger partial charge is 0.341 e. The van der Waals surface area contributed by atoms with Gasteiger partial charge in [-0.25, -0.2) is 4.79 Å². The predicted octanol–water partition coefficient (Wildman–Crippen LogP) is 6.23. The number of ether oxygens (including phenoxy) is 1. The highest BCUT2D eigenvalue weighted by Gasteiger charge is 2.25. The Morgan fingerprint density at radius 2 is 1.71 bits per heavy atom. The molecular weight excluding hydrogens is 388 g/mol. The number of fused-ring (bicyclic) bond motifs is 1. The van der Waals surface area contributed by atoms with Gasteiger partial charge < -0.3 is 15.4 Å². The van der Waals surface area contributed by atoms with Crippen LogP contribution in [-0.2, 0) is 17.6 Å². The molecule has 0 unspecified atom stereocenters. The van der Waals surface area contributed by atoms with Crippen molar-refractivity contribution >= 4 is 39.6 Å². The number of thiocarbonyl (C=S) groups is 1. The number of unbranched alkanes of at least 4 members (excludes halogenated alkanes) is 6. The number of esters is 1. The monoisotopic (exact) mass is 424 g/mol. The van der Waals surface area contributed by atoms with Gasteiger partial charge in [-0.3, -0.25) is 0 Å². The van der Waals surface area contributed by atoms with E-state index in [1.165, 1.54) is 75.3 Å². The standard InChI is InChI=1S/C22H36N2O2S2/c1-3-4-5-6-7-10-13-16-23-22(27)24-20-19(21(25)26-2)17-14-11-8-9-12-15-18(17)28-20/h3-16H2,1-2H3,(H2,23,24,27). The number of carbonyl (C=O) groups is 1. The molecule has 1 aliphatic rings. The number of hydrogen-bond acceptors (Lipinski definition) is 4. The number of rotatable bonds is 10. The molecule has 2 N–H and O–H groups in total. The summed E-state index contributed by atoms with van der Waals surface area (Å²) in [5, 5.41) is 8.02. The van der Waals surface area contributed by atoms with Crippen molar-refractivity contribution in [2.24, 2.45) is 0 Å². The van der Waals surface area contributed by atoms with Crippen LogP contribution in [0.5, 0.6) is 0 Å². The number of methoxy groups -OCH3 is 1. The van der Waals surface area contributed by atoms with Crippen LogP contribution in [0.25, 0.3) is 0 Å². The SMILES string of the molecule is CCCCCCCCCNC(=S)Nc1sc2c(c1C(=O)OC)CCCCCC2. The maximum atomic E-state index is 12.4. The normalized spacial score (nSPS) is 13.9. The van der Waals surface area contributed by atoms with Gasteiger partial charge in [-0.2, -0.15) is 0 Å². The van der Waals surface area contributed by atoms with E-state index in [9.17, 15) is 4.79 Å². The average Bonchev–Trinajstić information content (AvgIpc) is 2.99. The summed E-state index contributed by atoms with van der Waals surface area (Å²) in [7, 11) is 1.45. The second kappa shape index (κ2) is 13.2. The number of carbonyl (C=O) groups excluding carboxylic acids is 1. The van der Waals surface area contributed by atoms with E-state index >= 15 is 0 Å². The molecule has 1 aliphatic carbocycles. The van der Waals surface area contributed by atoms with Crippen LogP contribution in [0.4, 0.5) is 5.00 Å². The summed E-state index contributed by atoms with van der Waals surface area (Å²) in [4.78, 5) is 13.8. The molecule has 28 heavy (non-hydrogen) atoms. The lowest BCUT2D eigenvalue weighted by atomic mass is 9.96. The van der Waals surface area contributed by atoms with Gasteiger partial charge in [-0.15, -0.1) is 11.3 Å². The van der Waals surface area contributed by atoms with Gasteiger partial charge in [0.25, 0.3) is 0 Å². The van der Waals surface area contributed by atoms with E-state index in [-0.39, 0.29) is 5.97 Å². The van der Waals surface area contributed by atoms with Crippen molar-refractivity contribution < 1.29 is 9.53 Å². The summed E-state index contributed by atoms with van der Waals surface area (Å²) < 4.78 is 5.07. The molecule has 1 heterocycles. The molecule has 0 radical (unpaired) electrons. The molecule has 2 rings (SSSR count). The molecule has 6 heteroatoms. The van der Waals surface area contributed by atoms with Crippen molar-refractivity contribution in [3.05, 3.63) is 16.0 Å². The largest absolute Gasteiger partial charge is 0.465 e. The van der Waals surface area contributed by atoms with Crippen LogP contribution in [0.2, 0.25) is 0 Å². The first-order valence-corrected chi connectivity index (χ1v) is 12.2. The van der Waals surface area contributed by atoms with Crippen LogP contribution in [0.15, 0.2) is 0 Å². The molecule has 1 aromatic rings. The first kappa shape index (κ1) is 23.1. The molecule has 0 aromatic carbocycles. The molecule has 158 valence electrons. The lowest BCUT2D eigenvalue weighted by Crippen LogP contribution is -2.29. The van der Waals surface area contributed by atoms with E-state index in [1.54, 1.807) is 11.3 Å². The molecule has 0 fully saturated rings. The highest BCUT2D eigenvalue weighted by molar-refractivity contribution is 7.80.